The topological polar surface area (TPSA) is 46.4 Å². The zero-order chi connectivity index (χ0) is 19.7. The average Bonchev–Trinajstić information content (AvgIpc) is 2.87. The van der Waals surface area contributed by atoms with Gasteiger partial charge in [0, 0.05) is 13.8 Å². The van der Waals surface area contributed by atoms with Crippen molar-refractivity contribution in [2.75, 3.05) is 12.1 Å². The molecule has 0 amide bonds. The van der Waals surface area contributed by atoms with Gasteiger partial charge in [0.1, 0.15) is 6.34 Å². The maximum atomic E-state index is 6.12. The lowest BCUT2D eigenvalue weighted by molar-refractivity contribution is 0.00578. The van der Waals surface area contributed by atoms with Crippen LogP contribution in [0.15, 0.2) is 58.6 Å². The standard InChI is InChI=1S/C21H26BN3O2/c1-20(2)21(3,4)27-22(26-20)18-11-7-16(8-12-18)17-9-13-19(14-10-17)25(24-6)15-23-5/h7-15H,6H2,1-5H3. The summed E-state index contributed by atoms with van der Waals surface area (Å²) in [4.78, 5) is 3.98. The Morgan fingerprint density at radius 2 is 1.37 bits per heavy atom. The highest BCUT2D eigenvalue weighted by Gasteiger charge is 2.51. The number of rotatable bonds is 5. The molecule has 2 aromatic rings. The molecule has 6 heteroatoms. The van der Waals surface area contributed by atoms with Gasteiger partial charge in [-0.1, -0.05) is 36.4 Å². The number of anilines is 1. The number of hydrogen-bond acceptors (Lipinski definition) is 4. The fourth-order valence-electron chi connectivity index (χ4n) is 2.91. The third-order valence-corrected chi connectivity index (χ3v) is 5.28. The Kier molecular flexibility index (Phi) is 5.22. The van der Waals surface area contributed by atoms with Crippen molar-refractivity contribution in [2.45, 2.75) is 38.9 Å². The summed E-state index contributed by atoms with van der Waals surface area (Å²) in [6.07, 6.45) is 1.63. The molecule has 5 nitrogen and oxygen atoms in total. The third kappa shape index (κ3) is 3.82. The van der Waals surface area contributed by atoms with Gasteiger partial charge >= 0.3 is 7.12 Å². The van der Waals surface area contributed by atoms with Crippen LogP contribution in [0.2, 0.25) is 0 Å². The molecule has 1 aliphatic rings. The highest BCUT2D eigenvalue weighted by Crippen LogP contribution is 2.36. The Hall–Kier alpha value is -2.44. The van der Waals surface area contributed by atoms with Crippen LogP contribution in [-0.2, 0) is 9.31 Å². The van der Waals surface area contributed by atoms with Gasteiger partial charge in [-0.3, -0.25) is 4.99 Å². The molecule has 0 bridgehead atoms. The van der Waals surface area contributed by atoms with Gasteiger partial charge in [-0.05, 0) is 56.4 Å². The second kappa shape index (κ2) is 7.29. The predicted molar refractivity (Wildman–Crippen MR) is 114 cm³/mol. The second-order valence-corrected chi connectivity index (χ2v) is 7.62. The Balaban J connectivity index is 1.77. The van der Waals surface area contributed by atoms with Crippen molar-refractivity contribution >= 4 is 31.3 Å². The predicted octanol–water partition coefficient (Wildman–Crippen LogP) is 3.73. The molecule has 0 saturated carbocycles. The van der Waals surface area contributed by atoms with E-state index < -0.39 is 0 Å². The summed E-state index contributed by atoms with van der Waals surface area (Å²) < 4.78 is 12.2. The monoisotopic (exact) mass is 363 g/mol. The molecule has 0 unspecified atom stereocenters. The quantitative estimate of drug-likeness (QED) is 0.352. The highest BCUT2D eigenvalue weighted by molar-refractivity contribution is 6.62. The molecule has 0 spiro atoms. The van der Waals surface area contributed by atoms with Crippen LogP contribution < -0.4 is 10.5 Å². The molecule has 2 aromatic carbocycles. The van der Waals surface area contributed by atoms with Crippen molar-refractivity contribution < 1.29 is 9.31 Å². The smallest absolute Gasteiger partial charge is 0.399 e. The minimum Gasteiger partial charge on any atom is -0.399 e. The minimum absolute atomic E-state index is 0.334. The second-order valence-electron chi connectivity index (χ2n) is 7.62. The Morgan fingerprint density at radius 1 is 0.889 bits per heavy atom. The van der Waals surface area contributed by atoms with E-state index >= 15 is 0 Å². The number of benzene rings is 2. The first kappa shape index (κ1) is 19.3. The van der Waals surface area contributed by atoms with Crippen LogP contribution in [-0.4, -0.2) is 38.4 Å². The van der Waals surface area contributed by atoms with E-state index in [9.17, 15) is 0 Å². The average molecular weight is 363 g/mol. The molecule has 27 heavy (non-hydrogen) atoms. The van der Waals surface area contributed by atoms with Crippen LogP contribution in [0, 0.1) is 0 Å². The number of nitrogens with zero attached hydrogens (tertiary/aromatic N) is 3. The van der Waals surface area contributed by atoms with Crippen LogP contribution in [0.1, 0.15) is 27.7 Å². The van der Waals surface area contributed by atoms with Crippen molar-refractivity contribution in [3.8, 4) is 11.1 Å². The lowest BCUT2D eigenvalue weighted by Gasteiger charge is -2.32. The summed E-state index contributed by atoms with van der Waals surface area (Å²) in [6, 6.07) is 16.4. The third-order valence-electron chi connectivity index (χ3n) is 5.28. The van der Waals surface area contributed by atoms with E-state index in [-0.39, 0.29) is 18.3 Å². The molecule has 0 N–H and O–H groups in total. The van der Waals surface area contributed by atoms with Crippen molar-refractivity contribution in [1.29, 1.82) is 0 Å². The van der Waals surface area contributed by atoms with Gasteiger partial charge in [0.25, 0.3) is 0 Å². The number of hydrazone groups is 1. The van der Waals surface area contributed by atoms with Gasteiger partial charge in [0.05, 0.1) is 16.9 Å². The van der Waals surface area contributed by atoms with Crippen LogP contribution in [0.3, 0.4) is 0 Å². The van der Waals surface area contributed by atoms with E-state index in [1.165, 1.54) is 0 Å². The van der Waals surface area contributed by atoms with Crippen molar-refractivity contribution in [3.63, 3.8) is 0 Å². The first-order chi connectivity index (χ1) is 12.8. The molecule has 1 fully saturated rings. The molecular weight excluding hydrogens is 337 g/mol. The zero-order valence-electron chi connectivity index (χ0n) is 16.6. The highest BCUT2D eigenvalue weighted by atomic mass is 16.7. The SMILES string of the molecule is C=NN(C=NC)c1ccc(-c2ccc(B3OC(C)(C)C(C)(C)O3)cc2)cc1. The van der Waals surface area contributed by atoms with E-state index in [2.05, 4.69) is 80.9 Å². The molecule has 1 saturated heterocycles. The normalized spacial score (nSPS) is 18.0. The van der Waals surface area contributed by atoms with Gasteiger partial charge in [0.15, 0.2) is 0 Å². The van der Waals surface area contributed by atoms with Crippen LogP contribution in [0.4, 0.5) is 5.69 Å². The van der Waals surface area contributed by atoms with Crippen molar-refractivity contribution in [3.05, 3.63) is 48.5 Å². The van der Waals surface area contributed by atoms with Crippen LogP contribution >= 0.6 is 0 Å². The summed E-state index contributed by atoms with van der Waals surface area (Å²) in [6.45, 7) is 11.8. The van der Waals surface area contributed by atoms with Crippen LogP contribution in [0.25, 0.3) is 11.1 Å². The summed E-state index contributed by atoms with van der Waals surface area (Å²) in [5.41, 5.74) is 3.52. The maximum absolute atomic E-state index is 6.12. The van der Waals surface area contributed by atoms with Crippen LogP contribution in [0.5, 0.6) is 0 Å². The van der Waals surface area contributed by atoms with Gasteiger partial charge < -0.3 is 9.31 Å². The molecule has 140 valence electrons. The van der Waals surface area contributed by atoms with Gasteiger partial charge in [0.2, 0.25) is 0 Å². The Bertz CT molecular complexity index is 814. The molecule has 0 atom stereocenters. The van der Waals surface area contributed by atoms with Crippen molar-refractivity contribution in [2.24, 2.45) is 10.1 Å². The van der Waals surface area contributed by atoms with Crippen molar-refractivity contribution in [1.82, 2.24) is 0 Å². The minimum atomic E-state index is -0.341. The maximum Gasteiger partial charge on any atom is 0.494 e. The lowest BCUT2D eigenvalue weighted by Crippen LogP contribution is -2.41. The number of aliphatic imine (C=N–C) groups is 1. The first-order valence-corrected chi connectivity index (χ1v) is 9.01. The van der Waals surface area contributed by atoms with Gasteiger partial charge in [-0.2, -0.15) is 5.10 Å². The summed E-state index contributed by atoms with van der Waals surface area (Å²) in [5.74, 6) is 0. The fourth-order valence-corrected chi connectivity index (χ4v) is 2.91. The molecule has 0 radical (unpaired) electrons. The molecule has 0 aliphatic carbocycles. The number of hydrogen-bond donors (Lipinski definition) is 0. The molecule has 1 heterocycles. The molecule has 1 aliphatic heterocycles. The molecular formula is C21H26BN3O2. The molecule has 0 aromatic heterocycles. The van der Waals surface area contributed by atoms with Gasteiger partial charge in [-0.15, -0.1) is 0 Å². The zero-order valence-corrected chi connectivity index (χ0v) is 16.6. The Labute approximate surface area is 161 Å². The van der Waals surface area contributed by atoms with E-state index in [1.807, 2.05) is 12.1 Å². The van der Waals surface area contributed by atoms with E-state index in [4.69, 9.17) is 9.31 Å². The van der Waals surface area contributed by atoms with Gasteiger partial charge in [-0.25, -0.2) is 5.01 Å². The Morgan fingerprint density at radius 3 is 1.81 bits per heavy atom. The lowest BCUT2D eigenvalue weighted by atomic mass is 9.78. The summed E-state index contributed by atoms with van der Waals surface area (Å²) in [7, 11) is 1.36. The largest absolute Gasteiger partial charge is 0.494 e. The van der Waals surface area contributed by atoms with E-state index in [0.717, 1.165) is 22.3 Å². The molecule has 3 rings (SSSR count). The summed E-state index contributed by atoms with van der Waals surface area (Å²) >= 11 is 0. The fraction of sp³-hybridized carbons (Fsp3) is 0.333. The first-order valence-electron chi connectivity index (χ1n) is 9.01. The summed E-state index contributed by atoms with van der Waals surface area (Å²) in [5, 5.41) is 5.57. The van der Waals surface area contributed by atoms with E-state index in [0.29, 0.717) is 0 Å². The van der Waals surface area contributed by atoms with E-state index in [1.54, 1.807) is 18.4 Å².